The van der Waals surface area contributed by atoms with Crippen LogP contribution in [-0.4, -0.2) is 76.0 Å². The fraction of sp³-hybridized carbons (Fsp3) is 1.00. The molecule has 0 bridgehead atoms. The van der Waals surface area contributed by atoms with Gasteiger partial charge < -0.3 is 14.2 Å². The summed E-state index contributed by atoms with van der Waals surface area (Å²) in [6, 6.07) is 0. The van der Waals surface area contributed by atoms with Crippen molar-refractivity contribution >= 4 is 10.1 Å². The average molecular weight is 283 g/mol. The summed E-state index contributed by atoms with van der Waals surface area (Å²) >= 11 is 0. The highest BCUT2D eigenvalue weighted by molar-refractivity contribution is 7.85. The van der Waals surface area contributed by atoms with Crippen molar-refractivity contribution in [3.63, 3.8) is 0 Å². The third-order valence-corrected chi connectivity index (χ3v) is 3.35. The van der Waals surface area contributed by atoms with E-state index in [1.165, 1.54) is 0 Å². The lowest BCUT2D eigenvalue weighted by atomic mass is 10.3. The number of hydrogen-bond donors (Lipinski definition) is 1. The topological polar surface area (TPSA) is 85.3 Å². The molecule has 0 saturated carbocycles. The van der Waals surface area contributed by atoms with Crippen molar-refractivity contribution in [2.75, 3.05) is 52.0 Å². The van der Waals surface area contributed by atoms with Gasteiger partial charge in [-0.1, -0.05) is 0 Å². The van der Waals surface area contributed by atoms with Crippen LogP contribution in [0.25, 0.3) is 0 Å². The first kappa shape index (κ1) is 15.8. The maximum atomic E-state index is 10.9. The smallest absolute Gasteiger partial charge is 0.267 e. The number of rotatable bonds is 8. The van der Waals surface area contributed by atoms with E-state index in [-0.39, 0.29) is 6.79 Å². The Kier molecular flexibility index (Phi) is 7.05. The first-order chi connectivity index (χ1) is 8.51. The number of ether oxygens (including phenoxy) is 3. The summed E-state index contributed by atoms with van der Waals surface area (Å²) in [5.74, 6) is -0.419. The van der Waals surface area contributed by atoms with Crippen LogP contribution in [-0.2, 0) is 24.3 Å². The van der Waals surface area contributed by atoms with Crippen molar-refractivity contribution < 1.29 is 27.2 Å². The molecule has 1 unspecified atom stereocenters. The molecule has 1 N–H and O–H groups in total. The van der Waals surface area contributed by atoms with Gasteiger partial charge in [-0.2, -0.15) is 8.42 Å². The zero-order valence-electron chi connectivity index (χ0n) is 10.6. The summed E-state index contributed by atoms with van der Waals surface area (Å²) < 4.78 is 46.2. The summed E-state index contributed by atoms with van der Waals surface area (Å²) in [6.07, 6.45) is -0.593. The summed E-state index contributed by atoms with van der Waals surface area (Å²) in [5.41, 5.74) is 0. The Morgan fingerprint density at radius 1 is 1.39 bits per heavy atom. The maximum Gasteiger partial charge on any atom is 0.267 e. The molecule has 0 aliphatic carbocycles. The van der Waals surface area contributed by atoms with Gasteiger partial charge in [0.25, 0.3) is 10.1 Å². The minimum absolute atomic E-state index is 0.0288. The lowest BCUT2D eigenvalue weighted by molar-refractivity contribution is -0.0917. The monoisotopic (exact) mass is 283 g/mol. The van der Waals surface area contributed by atoms with Crippen LogP contribution in [0.15, 0.2) is 0 Å². The molecule has 0 spiro atoms. The SMILES string of the molecule is CCOCOC(CN1CCOCC1)CS(=O)(=O)O. The third kappa shape index (κ3) is 7.24. The highest BCUT2D eigenvalue weighted by Crippen LogP contribution is 2.04. The lowest BCUT2D eigenvalue weighted by Gasteiger charge is -2.29. The highest BCUT2D eigenvalue weighted by Gasteiger charge is 2.22. The predicted octanol–water partition coefficient (Wildman–Crippen LogP) is -0.414. The standard InChI is InChI=1S/C10H21NO6S/c1-2-15-9-17-10(8-18(12,13)14)7-11-3-5-16-6-4-11/h10H,2-9H2,1H3,(H,12,13,14). The molecule has 1 heterocycles. The minimum atomic E-state index is -4.05. The van der Waals surface area contributed by atoms with Crippen LogP contribution in [0.4, 0.5) is 0 Å². The molecule has 1 atom stereocenters. The third-order valence-electron chi connectivity index (χ3n) is 2.55. The van der Waals surface area contributed by atoms with E-state index in [9.17, 15) is 8.42 Å². The molecule has 0 radical (unpaired) electrons. The van der Waals surface area contributed by atoms with E-state index in [1.807, 2.05) is 11.8 Å². The van der Waals surface area contributed by atoms with Gasteiger partial charge in [-0.25, -0.2) is 0 Å². The molecule has 1 saturated heterocycles. The van der Waals surface area contributed by atoms with Gasteiger partial charge in [-0.15, -0.1) is 0 Å². The van der Waals surface area contributed by atoms with Crippen molar-refractivity contribution in [2.24, 2.45) is 0 Å². The Bertz CT molecular complexity index is 314. The van der Waals surface area contributed by atoms with Crippen molar-refractivity contribution in [3.05, 3.63) is 0 Å². The van der Waals surface area contributed by atoms with E-state index >= 15 is 0 Å². The molecule has 0 aromatic carbocycles. The fourth-order valence-corrected chi connectivity index (χ4v) is 2.36. The van der Waals surface area contributed by atoms with Crippen LogP contribution in [0.1, 0.15) is 6.92 Å². The van der Waals surface area contributed by atoms with Crippen LogP contribution >= 0.6 is 0 Å². The molecule has 0 amide bonds. The van der Waals surface area contributed by atoms with Crippen LogP contribution in [0, 0.1) is 0 Å². The molecule has 1 aliphatic rings. The maximum absolute atomic E-state index is 10.9. The van der Waals surface area contributed by atoms with Gasteiger partial charge in [0.1, 0.15) is 12.5 Å². The number of hydrogen-bond acceptors (Lipinski definition) is 6. The Balaban J connectivity index is 2.41. The van der Waals surface area contributed by atoms with Crippen molar-refractivity contribution in [3.8, 4) is 0 Å². The van der Waals surface area contributed by atoms with Gasteiger partial charge in [0.15, 0.2) is 0 Å². The Hall–Kier alpha value is -0.250. The van der Waals surface area contributed by atoms with Gasteiger partial charge in [-0.05, 0) is 6.92 Å². The van der Waals surface area contributed by atoms with Gasteiger partial charge in [0.05, 0.1) is 19.3 Å². The van der Waals surface area contributed by atoms with E-state index < -0.39 is 22.0 Å². The molecule has 1 aliphatic heterocycles. The van der Waals surface area contributed by atoms with Gasteiger partial charge in [-0.3, -0.25) is 9.45 Å². The molecule has 7 nitrogen and oxygen atoms in total. The second-order valence-electron chi connectivity index (χ2n) is 4.06. The summed E-state index contributed by atoms with van der Waals surface area (Å²) in [5, 5.41) is 0. The first-order valence-electron chi connectivity index (χ1n) is 5.96. The Morgan fingerprint density at radius 2 is 2.06 bits per heavy atom. The van der Waals surface area contributed by atoms with Crippen LogP contribution in [0.5, 0.6) is 0 Å². The van der Waals surface area contributed by atoms with Gasteiger partial charge in [0, 0.05) is 26.2 Å². The average Bonchev–Trinajstić information content (AvgIpc) is 2.28. The summed E-state index contributed by atoms with van der Waals surface area (Å²) in [6.45, 7) is 5.52. The Labute approximate surface area is 108 Å². The van der Waals surface area contributed by atoms with Crippen molar-refractivity contribution in [1.82, 2.24) is 4.90 Å². The second-order valence-corrected chi connectivity index (χ2v) is 5.56. The van der Waals surface area contributed by atoms with Crippen LogP contribution in [0.2, 0.25) is 0 Å². The van der Waals surface area contributed by atoms with Crippen molar-refractivity contribution in [2.45, 2.75) is 13.0 Å². The molecule has 108 valence electrons. The molecule has 0 aromatic rings. The Morgan fingerprint density at radius 3 is 2.61 bits per heavy atom. The van der Waals surface area contributed by atoms with Crippen LogP contribution in [0.3, 0.4) is 0 Å². The molecule has 1 rings (SSSR count). The quantitative estimate of drug-likeness (QED) is 0.368. The summed E-state index contributed by atoms with van der Waals surface area (Å²) in [4.78, 5) is 2.05. The molecule has 18 heavy (non-hydrogen) atoms. The first-order valence-corrected chi connectivity index (χ1v) is 7.57. The number of nitrogens with zero attached hydrogens (tertiary/aromatic N) is 1. The molecule has 8 heteroatoms. The van der Waals surface area contributed by atoms with E-state index in [4.69, 9.17) is 18.8 Å². The zero-order valence-corrected chi connectivity index (χ0v) is 11.4. The fourth-order valence-electron chi connectivity index (χ4n) is 1.69. The van der Waals surface area contributed by atoms with Crippen molar-refractivity contribution in [1.29, 1.82) is 0 Å². The lowest BCUT2D eigenvalue weighted by Crippen LogP contribution is -2.43. The predicted molar refractivity (Wildman–Crippen MR) is 65.0 cm³/mol. The van der Waals surface area contributed by atoms with Crippen LogP contribution < -0.4 is 0 Å². The second kappa shape index (κ2) is 8.03. The minimum Gasteiger partial charge on any atom is -0.379 e. The van der Waals surface area contributed by atoms with Gasteiger partial charge in [0.2, 0.25) is 0 Å². The van der Waals surface area contributed by atoms with E-state index in [2.05, 4.69) is 0 Å². The summed E-state index contributed by atoms with van der Waals surface area (Å²) in [7, 11) is -4.05. The van der Waals surface area contributed by atoms with Gasteiger partial charge >= 0.3 is 0 Å². The highest BCUT2D eigenvalue weighted by atomic mass is 32.2. The molecule has 1 fully saturated rings. The van der Waals surface area contributed by atoms with E-state index in [0.717, 1.165) is 13.1 Å². The largest absolute Gasteiger partial charge is 0.379 e. The zero-order chi connectivity index (χ0) is 13.4. The normalized spacial score (nSPS) is 19.9. The molecular formula is C10H21NO6S. The molecule has 0 aromatic heterocycles. The van der Waals surface area contributed by atoms with E-state index in [0.29, 0.717) is 26.4 Å². The molecular weight excluding hydrogens is 262 g/mol. The van der Waals surface area contributed by atoms with E-state index in [1.54, 1.807) is 0 Å². The number of morpholine rings is 1.